The van der Waals surface area contributed by atoms with Crippen LogP contribution in [-0.2, 0) is 11.3 Å². The summed E-state index contributed by atoms with van der Waals surface area (Å²) in [6.07, 6.45) is 3.22. The second-order valence-electron chi connectivity index (χ2n) is 8.59. The predicted molar refractivity (Wildman–Crippen MR) is 127 cm³/mol. The molecule has 0 atom stereocenters. The van der Waals surface area contributed by atoms with Gasteiger partial charge in [-0.15, -0.1) is 0 Å². The highest BCUT2D eigenvalue weighted by atomic mass is 19.1. The molecule has 4 aromatic rings. The first-order valence-electron chi connectivity index (χ1n) is 11.3. The molecule has 1 aliphatic heterocycles. The highest BCUT2D eigenvalue weighted by Gasteiger charge is 2.29. The molecule has 5 rings (SSSR count). The van der Waals surface area contributed by atoms with Crippen LogP contribution in [0.2, 0.25) is 0 Å². The maximum Gasteiger partial charge on any atom is 0.204 e. The Kier molecular flexibility index (Phi) is 5.97. The fourth-order valence-corrected chi connectivity index (χ4v) is 4.61. The lowest BCUT2D eigenvalue weighted by Crippen LogP contribution is -2.36. The fraction of sp³-hybridized carbons (Fsp3) is 0.250. The van der Waals surface area contributed by atoms with Crippen LogP contribution in [0.5, 0.6) is 5.75 Å². The van der Waals surface area contributed by atoms with Crippen LogP contribution in [0.1, 0.15) is 35.6 Å². The van der Waals surface area contributed by atoms with Gasteiger partial charge in [-0.05, 0) is 66.8 Å². The van der Waals surface area contributed by atoms with Gasteiger partial charge in [0.25, 0.3) is 0 Å². The van der Waals surface area contributed by atoms with Gasteiger partial charge in [-0.25, -0.2) is 4.39 Å². The zero-order valence-electron chi connectivity index (χ0n) is 18.6. The van der Waals surface area contributed by atoms with Crippen LogP contribution in [0.15, 0.2) is 72.9 Å². The van der Waals surface area contributed by atoms with E-state index >= 15 is 0 Å². The Morgan fingerprint density at radius 1 is 1.03 bits per heavy atom. The Balaban J connectivity index is 1.61. The Morgan fingerprint density at radius 3 is 2.58 bits per heavy atom. The summed E-state index contributed by atoms with van der Waals surface area (Å²) < 4.78 is 26.6. The molecule has 2 heterocycles. The van der Waals surface area contributed by atoms with Crippen molar-refractivity contribution in [2.75, 3.05) is 13.2 Å². The van der Waals surface area contributed by atoms with E-state index in [4.69, 9.17) is 9.47 Å². The van der Waals surface area contributed by atoms with Gasteiger partial charge in [-0.2, -0.15) is 4.73 Å². The molecule has 168 valence electrons. The van der Waals surface area contributed by atoms with Crippen molar-refractivity contribution in [3.05, 3.63) is 101 Å². The first kappa shape index (κ1) is 21.4. The summed E-state index contributed by atoms with van der Waals surface area (Å²) in [5, 5.41) is 15.1. The third-order valence-corrected chi connectivity index (χ3v) is 6.35. The van der Waals surface area contributed by atoms with Gasteiger partial charge in [0.2, 0.25) is 5.69 Å². The molecule has 1 aromatic heterocycles. The first-order valence-corrected chi connectivity index (χ1v) is 11.3. The third-order valence-electron chi connectivity index (χ3n) is 6.35. The smallest absolute Gasteiger partial charge is 0.204 e. The summed E-state index contributed by atoms with van der Waals surface area (Å²) in [7, 11) is 0. The summed E-state index contributed by atoms with van der Waals surface area (Å²) >= 11 is 0. The summed E-state index contributed by atoms with van der Waals surface area (Å²) in [4.78, 5) is 0. The molecule has 3 aromatic carbocycles. The number of benzene rings is 3. The van der Waals surface area contributed by atoms with Crippen molar-refractivity contribution in [1.82, 2.24) is 0 Å². The molecule has 0 unspecified atom stereocenters. The number of fused-ring (bicyclic) bond motifs is 1. The average molecular weight is 444 g/mol. The van der Waals surface area contributed by atoms with Crippen molar-refractivity contribution in [3.8, 4) is 16.9 Å². The largest absolute Gasteiger partial charge is 0.618 e. The Bertz CT molecular complexity index is 1280. The van der Waals surface area contributed by atoms with E-state index in [-0.39, 0.29) is 11.7 Å². The van der Waals surface area contributed by atoms with Crippen LogP contribution < -0.4 is 9.47 Å². The molecule has 0 aliphatic carbocycles. The molecule has 0 saturated carbocycles. The molecule has 1 saturated heterocycles. The highest BCUT2D eigenvalue weighted by molar-refractivity contribution is 5.97. The molecule has 5 heteroatoms. The minimum Gasteiger partial charge on any atom is -0.618 e. The minimum absolute atomic E-state index is 0.0926. The minimum atomic E-state index is -0.252. The van der Waals surface area contributed by atoms with Crippen LogP contribution in [0, 0.1) is 17.9 Å². The number of rotatable bonds is 5. The predicted octanol–water partition coefficient (Wildman–Crippen LogP) is 6.06. The second-order valence-corrected chi connectivity index (χ2v) is 8.59. The molecule has 0 bridgehead atoms. The van der Waals surface area contributed by atoms with Crippen LogP contribution in [0.3, 0.4) is 0 Å². The lowest BCUT2D eigenvalue weighted by atomic mass is 9.87. The molecule has 4 nitrogen and oxygen atoms in total. The molecular weight excluding hydrogens is 417 g/mol. The maximum atomic E-state index is 14.0. The van der Waals surface area contributed by atoms with Crippen LogP contribution >= 0.6 is 0 Å². The molecule has 0 radical (unpaired) electrons. The number of hydrogen-bond donors (Lipinski definition) is 0. The van der Waals surface area contributed by atoms with Crippen LogP contribution in [0.4, 0.5) is 4.39 Å². The number of nitrogens with zero attached hydrogens (tertiary/aromatic N) is 1. The number of aryl methyl sites for hydroxylation is 1. The topological polar surface area (TPSA) is 45.4 Å². The van der Waals surface area contributed by atoms with Gasteiger partial charge in [-0.3, -0.25) is 0 Å². The number of pyridine rings is 1. The SMILES string of the molecule is Cc1cc(-c2c(C3CCOCC3)[n+]([O-])cc3cc(OCc4ccccc4)ccc23)ccc1F. The van der Waals surface area contributed by atoms with E-state index < -0.39 is 0 Å². The molecule has 0 amide bonds. The molecule has 1 fully saturated rings. The number of aromatic nitrogens is 1. The second kappa shape index (κ2) is 9.20. The van der Waals surface area contributed by atoms with Crippen molar-refractivity contribution < 1.29 is 18.6 Å². The lowest BCUT2D eigenvalue weighted by molar-refractivity contribution is -0.613. The van der Waals surface area contributed by atoms with Crippen molar-refractivity contribution >= 4 is 10.8 Å². The van der Waals surface area contributed by atoms with Gasteiger partial charge < -0.3 is 14.7 Å². The van der Waals surface area contributed by atoms with Crippen molar-refractivity contribution in [1.29, 1.82) is 0 Å². The van der Waals surface area contributed by atoms with Gasteiger partial charge >= 0.3 is 0 Å². The number of ether oxygens (including phenoxy) is 2. The monoisotopic (exact) mass is 443 g/mol. The van der Waals surface area contributed by atoms with Gasteiger partial charge in [0.15, 0.2) is 6.20 Å². The molecule has 0 spiro atoms. The van der Waals surface area contributed by atoms with E-state index in [1.54, 1.807) is 19.2 Å². The molecule has 1 aliphatic rings. The number of hydrogen-bond acceptors (Lipinski definition) is 3. The normalized spacial score (nSPS) is 14.5. The van der Waals surface area contributed by atoms with Gasteiger partial charge in [0.1, 0.15) is 18.2 Å². The van der Waals surface area contributed by atoms with Crippen molar-refractivity contribution in [3.63, 3.8) is 0 Å². The highest BCUT2D eigenvalue weighted by Crippen LogP contribution is 2.38. The Hall–Kier alpha value is -3.44. The average Bonchev–Trinajstić information content (AvgIpc) is 2.84. The number of halogens is 1. The maximum absolute atomic E-state index is 14.0. The van der Waals surface area contributed by atoms with Crippen molar-refractivity contribution in [2.45, 2.75) is 32.3 Å². The zero-order valence-corrected chi connectivity index (χ0v) is 18.6. The van der Waals surface area contributed by atoms with Gasteiger partial charge in [0.05, 0.1) is 16.9 Å². The fourth-order valence-electron chi connectivity index (χ4n) is 4.61. The summed E-state index contributed by atoms with van der Waals surface area (Å²) in [6.45, 7) is 3.47. The summed E-state index contributed by atoms with van der Waals surface area (Å²) in [5.74, 6) is 0.541. The summed E-state index contributed by atoms with van der Waals surface area (Å²) in [6, 6.07) is 20.9. The Labute approximate surface area is 192 Å². The van der Waals surface area contributed by atoms with E-state index in [0.29, 0.717) is 31.1 Å². The van der Waals surface area contributed by atoms with E-state index in [9.17, 15) is 9.60 Å². The Morgan fingerprint density at radius 2 is 1.82 bits per heavy atom. The standard InChI is InChI=1S/C28H26FNO3/c1-19-15-22(7-10-26(19)29)27-25-9-8-24(33-18-20-5-3-2-4-6-20)16-23(25)17-30(31)28(27)21-11-13-32-14-12-21/h2-10,15-17,21H,11-14,18H2,1H3. The summed E-state index contributed by atoms with van der Waals surface area (Å²) in [5.41, 5.74) is 4.09. The van der Waals surface area contributed by atoms with Crippen LogP contribution in [-0.4, -0.2) is 13.2 Å². The quantitative estimate of drug-likeness (QED) is 0.278. The molecule has 0 N–H and O–H groups in total. The zero-order chi connectivity index (χ0) is 22.8. The van der Waals surface area contributed by atoms with E-state index in [1.807, 2.05) is 54.6 Å². The first-order chi connectivity index (χ1) is 16.1. The molecular formula is C28H26FNO3. The van der Waals surface area contributed by atoms with E-state index in [0.717, 1.165) is 50.7 Å². The van der Waals surface area contributed by atoms with Crippen molar-refractivity contribution in [2.24, 2.45) is 0 Å². The molecule has 33 heavy (non-hydrogen) atoms. The van der Waals surface area contributed by atoms with E-state index in [1.165, 1.54) is 6.07 Å². The lowest BCUT2D eigenvalue weighted by Gasteiger charge is -2.24. The van der Waals surface area contributed by atoms with Crippen LogP contribution in [0.25, 0.3) is 21.9 Å². The van der Waals surface area contributed by atoms with E-state index in [2.05, 4.69) is 0 Å². The van der Waals surface area contributed by atoms with Gasteiger partial charge in [0, 0.05) is 18.6 Å². The van der Waals surface area contributed by atoms with Gasteiger partial charge in [-0.1, -0.05) is 36.4 Å². The third kappa shape index (κ3) is 4.41.